The topological polar surface area (TPSA) is 43.4 Å². The van der Waals surface area contributed by atoms with E-state index in [2.05, 4.69) is 6.92 Å². The number of hydrogen-bond donors (Lipinski definition) is 0. The van der Waals surface area contributed by atoms with E-state index in [0.29, 0.717) is 23.6 Å². The van der Waals surface area contributed by atoms with Gasteiger partial charge in [0.2, 0.25) is 0 Å². The molecule has 0 saturated heterocycles. The molecule has 0 amide bonds. The van der Waals surface area contributed by atoms with Crippen LogP contribution in [0.5, 0.6) is 0 Å². The Morgan fingerprint density at radius 3 is 2.25 bits per heavy atom. The van der Waals surface area contributed by atoms with Gasteiger partial charge >= 0.3 is 5.97 Å². The summed E-state index contributed by atoms with van der Waals surface area (Å²) >= 11 is 6.05. The largest absolute Gasteiger partial charge is 0.465 e. The van der Waals surface area contributed by atoms with Crippen molar-refractivity contribution in [1.82, 2.24) is 0 Å². The van der Waals surface area contributed by atoms with Crippen LogP contribution >= 0.6 is 11.6 Å². The van der Waals surface area contributed by atoms with Crippen LogP contribution in [0.15, 0.2) is 54.6 Å². The van der Waals surface area contributed by atoms with Gasteiger partial charge in [0, 0.05) is 22.9 Å². The van der Waals surface area contributed by atoms with Crippen molar-refractivity contribution in [1.29, 1.82) is 0 Å². The number of hydrogen-bond acceptors (Lipinski definition) is 3. The number of carbonyl (C=O) groups is 2. The van der Waals surface area contributed by atoms with Gasteiger partial charge in [-0.1, -0.05) is 80.8 Å². The maximum absolute atomic E-state index is 12.9. The summed E-state index contributed by atoms with van der Waals surface area (Å²) < 4.78 is 5.49. The first-order chi connectivity index (χ1) is 13.6. The molecule has 0 heterocycles. The van der Waals surface area contributed by atoms with Crippen LogP contribution in [0, 0.1) is 5.92 Å². The highest BCUT2D eigenvalue weighted by Crippen LogP contribution is 2.34. The van der Waals surface area contributed by atoms with Gasteiger partial charge in [-0.25, -0.2) is 0 Å². The Morgan fingerprint density at radius 2 is 1.64 bits per heavy atom. The molecule has 0 spiro atoms. The summed E-state index contributed by atoms with van der Waals surface area (Å²) in [7, 11) is 0. The van der Waals surface area contributed by atoms with Gasteiger partial charge in [0.05, 0.1) is 12.5 Å². The second-order valence-corrected chi connectivity index (χ2v) is 7.50. The number of carbonyl (C=O) groups excluding carboxylic acids is 2. The van der Waals surface area contributed by atoms with E-state index in [1.807, 2.05) is 61.5 Å². The van der Waals surface area contributed by atoms with Crippen molar-refractivity contribution in [3.63, 3.8) is 0 Å². The molecule has 2 rings (SSSR count). The van der Waals surface area contributed by atoms with Crippen molar-refractivity contribution in [2.75, 3.05) is 6.61 Å². The lowest BCUT2D eigenvalue weighted by Crippen LogP contribution is -2.27. The molecule has 3 nitrogen and oxygen atoms in total. The quantitative estimate of drug-likeness (QED) is 0.321. The van der Waals surface area contributed by atoms with Gasteiger partial charge in [-0.15, -0.1) is 0 Å². The normalized spacial score (nSPS) is 13.0. The smallest absolute Gasteiger partial charge is 0.309 e. The van der Waals surface area contributed by atoms with Crippen LogP contribution in [-0.2, 0) is 9.53 Å². The lowest BCUT2D eigenvalue weighted by molar-refractivity contribution is -0.149. The van der Waals surface area contributed by atoms with E-state index in [1.165, 1.54) is 0 Å². The van der Waals surface area contributed by atoms with E-state index >= 15 is 0 Å². The first-order valence-electron chi connectivity index (χ1n) is 10.1. The number of benzene rings is 2. The lowest BCUT2D eigenvalue weighted by Gasteiger charge is -2.26. The molecule has 1 unspecified atom stereocenters. The molecule has 2 atom stereocenters. The molecule has 0 N–H and O–H groups in total. The number of Topliss-reactive ketones (excluding diaryl/α,β-unsaturated/α-hetero) is 1. The Kier molecular flexibility index (Phi) is 9.22. The van der Waals surface area contributed by atoms with Gasteiger partial charge in [-0.05, 0) is 30.5 Å². The lowest BCUT2D eigenvalue weighted by atomic mass is 9.79. The number of unbranched alkanes of at least 4 members (excludes halogenated alkanes) is 1. The van der Waals surface area contributed by atoms with E-state index in [-0.39, 0.29) is 30.0 Å². The molecule has 0 aliphatic heterocycles. The zero-order valence-corrected chi connectivity index (χ0v) is 17.5. The van der Waals surface area contributed by atoms with Gasteiger partial charge in [-0.3, -0.25) is 9.59 Å². The third-order valence-corrected chi connectivity index (χ3v) is 5.16. The number of rotatable bonds is 11. The number of ether oxygens (including phenoxy) is 1. The van der Waals surface area contributed by atoms with E-state index in [9.17, 15) is 9.59 Å². The summed E-state index contributed by atoms with van der Waals surface area (Å²) in [6.45, 7) is 4.48. The fraction of sp³-hybridized carbons (Fsp3) is 0.417. The van der Waals surface area contributed by atoms with E-state index < -0.39 is 0 Å². The van der Waals surface area contributed by atoms with Crippen molar-refractivity contribution in [3.05, 3.63) is 70.7 Å². The zero-order valence-electron chi connectivity index (χ0n) is 16.7. The number of halogens is 1. The first kappa shape index (κ1) is 22.2. The van der Waals surface area contributed by atoms with E-state index in [1.54, 1.807) is 0 Å². The molecular weight excluding hydrogens is 372 g/mol. The maximum Gasteiger partial charge on any atom is 0.309 e. The summed E-state index contributed by atoms with van der Waals surface area (Å²) in [5.74, 6) is -0.761. The summed E-state index contributed by atoms with van der Waals surface area (Å²) in [6.07, 6.45) is 3.64. The Hall–Kier alpha value is -2.13. The van der Waals surface area contributed by atoms with Crippen LogP contribution in [0.4, 0.5) is 0 Å². The molecule has 0 saturated carbocycles. The molecule has 2 aromatic rings. The Morgan fingerprint density at radius 1 is 0.964 bits per heavy atom. The molecule has 0 aromatic heterocycles. The van der Waals surface area contributed by atoms with E-state index in [4.69, 9.17) is 16.3 Å². The first-order valence-corrected chi connectivity index (χ1v) is 10.4. The third kappa shape index (κ3) is 6.49. The van der Waals surface area contributed by atoms with Crippen molar-refractivity contribution in [3.8, 4) is 0 Å². The molecule has 0 aliphatic rings. The highest BCUT2D eigenvalue weighted by atomic mass is 35.5. The van der Waals surface area contributed by atoms with Gasteiger partial charge in [0.1, 0.15) is 0 Å². The second kappa shape index (κ2) is 11.7. The number of ketones is 1. The SMILES string of the molecule is CCCCC(C(=O)OCCC)[C@H](CC(=O)c1ccccc1)c1ccc(Cl)cc1. The molecule has 0 aliphatic carbocycles. The molecule has 0 fully saturated rings. The van der Waals surface area contributed by atoms with Crippen molar-refractivity contribution in [2.24, 2.45) is 5.92 Å². The molecule has 0 bridgehead atoms. The van der Waals surface area contributed by atoms with Crippen LogP contribution < -0.4 is 0 Å². The predicted molar refractivity (Wildman–Crippen MR) is 114 cm³/mol. The van der Waals surface area contributed by atoms with Gasteiger partial charge in [0.25, 0.3) is 0 Å². The Balaban J connectivity index is 2.34. The van der Waals surface area contributed by atoms with E-state index in [0.717, 1.165) is 24.8 Å². The molecule has 0 radical (unpaired) electrons. The highest BCUT2D eigenvalue weighted by molar-refractivity contribution is 6.30. The van der Waals surface area contributed by atoms with Gasteiger partial charge < -0.3 is 4.74 Å². The zero-order chi connectivity index (χ0) is 20.4. The molecule has 2 aromatic carbocycles. The fourth-order valence-electron chi connectivity index (χ4n) is 3.36. The molecule has 28 heavy (non-hydrogen) atoms. The average Bonchev–Trinajstić information content (AvgIpc) is 2.72. The summed E-state index contributed by atoms with van der Waals surface area (Å²) in [4.78, 5) is 25.8. The monoisotopic (exact) mass is 400 g/mol. The van der Waals surface area contributed by atoms with Crippen LogP contribution in [-0.4, -0.2) is 18.4 Å². The molecular formula is C24H29ClO3. The van der Waals surface area contributed by atoms with Crippen LogP contribution in [0.2, 0.25) is 5.02 Å². The van der Waals surface area contributed by atoms with Crippen LogP contribution in [0.3, 0.4) is 0 Å². The Bertz CT molecular complexity index is 740. The summed E-state index contributed by atoms with van der Waals surface area (Å²) in [5.41, 5.74) is 1.61. The van der Waals surface area contributed by atoms with Crippen molar-refractivity contribution in [2.45, 2.75) is 51.9 Å². The Labute approximate surface area is 173 Å². The van der Waals surface area contributed by atoms with Crippen LogP contribution in [0.25, 0.3) is 0 Å². The summed E-state index contributed by atoms with van der Waals surface area (Å²) in [6, 6.07) is 16.7. The van der Waals surface area contributed by atoms with Crippen molar-refractivity contribution < 1.29 is 14.3 Å². The van der Waals surface area contributed by atoms with Gasteiger partial charge in [0.15, 0.2) is 5.78 Å². The summed E-state index contributed by atoms with van der Waals surface area (Å²) in [5, 5.41) is 0.635. The molecule has 4 heteroatoms. The maximum atomic E-state index is 12.9. The second-order valence-electron chi connectivity index (χ2n) is 7.07. The minimum absolute atomic E-state index is 0.0327. The third-order valence-electron chi connectivity index (χ3n) is 4.90. The van der Waals surface area contributed by atoms with Crippen molar-refractivity contribution >= 4 is 23.4 Å². The highest BCUT2D eigenvalue weighted by Gasteiger charge is 2.32. The minimum atomic E-state index is -0.347. The van der Waals surface area contributed by atoms with Crippen LogP contribution in [0.1, 0.15) is 67.8 Å². The fourth-order valence-corrected chi connectivity index (χ4v) is 3.49. The molecule has 150 valence electrons. The standard InChI is InChI=1S/C24H29ClO3/c1-3-5-11-21(24(27)28-16-4-2)22(18-12-14-20(25)15-13-18)17-23(26)19-9-7-6-8-10-19/h6-10,12-15,21-22H,3-5,11,16-17H2,1-2H3/t21?,22-/m1/s1. The number of esters is 1. The minimum Gasteiger partial charge on any atom is -0.465 e. The predicted octanol–water partition coefficient (Wildman–Crippen LogP) is 6.46. The van der Waals surface area contributed by atoms with Gasteiger partial charge in [-0.2, -0.15) is 0 Å². The average molecular weight is 401 g/mol.